The second-order valence-electron chi connectivity index (χ2n) is 7.47. The standard InChI is InChI=1S/C24H21ClN4O5S/c1-13(30)27-16-7-9-17(10-8-16)28-19(31)12-35-23-18(11-26)20(14-3-5-15(25)6-4-14)21(22(32)29-23)24(33)34-2/h3-10,20-21H,12H2,1-2H3,(H,27,30)(H,28,31)(H,29,32)/t20-,21-/m0/s1. The summed E-state index contributed by atoms with van der Waals surface area (Å²) in [6, 6.07) is 15.1. The number of carbonyl (C=O) groups excluding carboxylic acids is 4. The number of hydrogen-bond acceptors (Lipinski definition) is 7. The monoisotopic (exact) mass is 512 g/mol. The Labute approximate surface area is 210 Å². The summed E-state index contributed by atoms with van der Waals surface area (Å²) in [7, 11) is 1.17. The van der Waals surface area contributed by atoms with Crippen LogP contribution in [0.1, 0.15) is 18.4 Å². The number of ether oxygens (including phenoxy) is 1. The van der Waals surface area contributed by atoms with Gasteiger partial charge in [0.05, 0.1) is 29.5 Å². The Balaban J connectivity index is 1.80. The molecule has 2 aromatic carbocycles. The number of nitriles is 1. The molecule has 0 saturated carbocycles. The molecule has 1 heterocycles. The van der Waals surface area contributed by atoms with Crippen molar-refractivity contribution >= 4 is 58.4 Å². The molecule has 0 unspecified atom stereocenters. The van der Waals surface area contributed by atoms with Gasteiger partial charge in [0.2, 0.25) is 17.7 Å². The smallest absolute Gasteiger partial charge is 0.319 e. The number of esters is 1. The van der Waals surface area contributed by atoms with E-state index in [1.807, 2.05) is 0 Å². The minimum absolute atomic E-state index is 0.107. The maximum absolute atomic E-state index is 12.8. The first-order valence-electron chi connectivity index (χ1n) is 10.3. The van der Waals surface area contributed by atoms with E-state index in [2.05, 4.69) is 22.0 Å². The molecular formula is C24H21ClN4O5S. The van der Waals surface area contributed by atoms with Crippen LogP contribution in [-0.2, 0) is 23.9 Å². The van der Waals surface area contributed by atoms with Crippen molar-refractivity contribution in [3.63, 3.8) is 0 Å². The number of allylic oxidation sites excluding steroid dienone is 1. The SMILES string of the molecule is COC(=O)[C@@H]1C(=O)NC(SCC(=O)Nc2ccc(NC(C)=O)cc2)=C(C#N)[C@@H]1c1ccc(Cl)cc1. The number of anilines is 2. The van der Waals surface area contributed by atoms with Gasteiger partial charge < -0.3 is 20.7 Å². The molecule has 1 aliphatic heterocycles. The van der Waals surface area contributed by atoms with Crippen molar-refractivity contribution in [3.8, 4) is 6.07 Å². The molecule has 0 spiro atoms. The molecule has 3 N–H and O–H groups in total. The first-order chi connectivity index (χ1) is 16.7. The average molecular weight is 513 g/mol. The summed E-state index contributed by atoms with van der Waals surface area (Å²) in [4.78, 5) is 48.9. The summed E-state index contributed by atoms with van der Waals surface area (Å²) in [6.45, 7) is 1.39. The number of hydrogen-bond donors (Lipinski definition) is 3. The third kappa shape index (κ3) is 6.41. The number of nitrogens with zero attached hydrogens (tertiary/aromatic N) is 1. The minimum atomic E-state index is -1.27. The molecule has 1 aliphatic rings. The molecule has 0 fully saturated rings. The number of thioether (sulfide) groups is 1. The fraction of sp³-hybridized carbons (Fsp3) is 0.208. The molecule has 0 saturated heterocycles. The Kier molecular flexibility index (Phi) is 8.52. The van der Waals surface area contributed by atoms with Gasteiger partial charge >= 0.3 is 5.97 Å². The van der Waals surface area contributed by atoms with E-state index >= 15 is 0 Å². The van der Waals surface area contributed by atoms with Gasteiger partial charge in [0.15, 0.2) is 0 Å². The van der Waals surface area contributed by atoms with Crippen LogP contribution in [0.15, 0.2) is 59.1 Å². The van der Waals surface area contributed by atoms with Crippen molar-refractivity contribution in [2.24, 2.45) is 5.92 Å². The van der Waals surface area contributed by atoms with Gasteiger partial charge in [-0.05, 0) is 42.0 Å². The first-order valence-corrected chi connectivity index (χ1v) is 11.7. The van der Waals surface area contributed by atoms with Crippen molar-refractivity contribution in [2.45, 2.75) is 12.8 Å². The number of rotatable bonds is 7. The quantitative estimate of drug-likeness (QED) is 0.382. The molecule has 0 aliphatic carbocycles. The zero-order valence-corrected chi connectivity index (χ0v) is 20.3. The van der Waals surface area contributed by atoms with Gasteiger partial charge in [-0.2, -0.15) is 5.26 Å². The van der Waals surface area contributed by atoms with Gasteiger partial charge in [0.1, 0.15) is 5.92 Å². The van der Waals surface area contributed by atoms with Crippen molar-refractivity contribution in [1.29, 1.82) is 5.26 Å². The summed E-state index contributed by atoms with van der Waals surface area (Å²) >= 11 is 6.94. The summed E-state index contributed by atoms with van der Waals surface area (Å²) in [5.41, 5.74) is 1.78. The van der Waals surface area contributed by atoms with E-state index in [0.29, 0.717) is 22.0 Å². The third-order valence-corrected chi connectivity index (χ3v) is 6.32. The average Bonchev–Trinajstić information content (AvgIpc) is 2.83. The van der Waals surface area contributed by atoms with Gasteiger partial charge in [0.25, 0.3) is 0 Å². The molecule has 180 valence electrons. The van der Waals surface area contributed by atoms with Gasteiger partial charge in [0, 0.05) is 29.2 Å². The second kappa shape index (κ2) is 11.6. The molecule has 0 bridgehead atoms. The lowest BCUT2D eigenvalue weighted by Crippen LogP contribution is -2.44. The van der Waals surface area contributed by atoms with Crippen LogP contribution in [0.2, 0.25) is 5.02 Å². The Bertz CT molecular complexity index is 1220. The van der Waals surface area contributed by atoms with Crippen LogP contribution < -0.4 is 16.0 Å². The summed E-state index contributed by atoms with van der Waals surface area (Å²) in [6.07, 6.45) is 0. The summed E-state index contributed by atoms with van der Waals surface area (Å²) in [5.74, 6) is -4.27. The van der Waals surface area contributed by atoms with Crippen molar-refractivity contribution < 1.29 is 23.9 Å². The van der Waals surface area contributed by atoms with Crippen molar-refractivity contribution in [2.75, 3.05) is 23.5 Å². The highest BCUT2D eigenvalue weighted by atomic mass is 35.5. The van der Waals surface area contributed by atoms with Gasteiger partial charge in [-0.1, -0.05) is 35.5 Å². The van der Waals surface area contributed by atoms with E-state index in [4.69, 9.17) is 16.3 Å². The van der Waals surface area contributed by atoms with Crippen molar-refractivity contribution in [1.82, 2.24) is 5.32 Å². The summed E-state index contributed by atoms with van der Waals surface area (Å²) < 4.78 is 4.81. The fourth-order valence-corrected chi connectivity index (χ4v) is 4.50. The molecule has 11 heteroatoms. The van der Waals surface area contributed by atoms with Gasteiger partial charge in [-0.3, -0.25) is 19.2 Å². The predicted molar refractivity (Wildman–Crippen MR) is 132 cm³/mol. The number of amides is 3. The lowest BCUT2D eigenvalue weighted by Gasteiger charge is -2.30. The van der Waals surface area contributed by atoms with Gasteiger partial charge in [-0.15, -0.1) is 0 Å². The number of halogens is 1. The molecule has 9 nitrogen and oxygen atoms in total. The maximum Gasteiger partial charge on any atom is 0.319 e. The second-order valence-corrected chi connectivity index (χ2v) is 8.89. The van der Waals surface area contributed by atoms with E-state index in [9.17, 15) is 24.4 Å². The molecule has 35 heavy (non-hydrogen) atoms. The van der Waals surface area contributed by atoms with Crippen molar-refractivity contribution in [3.05, 3.63) is 69.7 Å². The molecule has 2 aromatic rings. The molecule has 3 amide bonds. The number of carbonyl (C=O) groups is 4. The van der Waals surface area contributed by atoms with Crippen LogP contribution in [0.4, 0.5) is 11.4 Å². The summed E-state index contributed by atoms with van der Waals surface area (Å²) in [5, 5.41) is 18.5. The van der Waals surface area contributed by atoms with E-state index < -0.39 is 23.7 Å². The highest BCUT2D eigenvalue weighted by Crippen LogP contribution is 2.40. The molecule has 0 radical (unpaired) electrons. The van der Waals surface area contributed by atoms with Crippen LogP contribution in [0.25, 0.3) is 0 Å². The lowest BCUT2D eigenvalue weighted by molar-refractivity contribution is -0.150. The largest absolute Gasteiger partial charge is 0.468 e. The van der Waals surface area contributed by atoms with Gasteiger partial charge in [-0.25, -0.2) is 0 Å². The third-order valence-electron chi connectivity index (χ3n) is 5.05. The van der Waals surface area contributed by atoms with E-state index in [1.165, 1.54) is 14.0 Å². The highest BCUT2D eigenvalue weighted by Gasteiger charge is 2.44. The van der Waals surface area contributed by atoms with E-state index in [-0.39, 0.29) is 28.2 Å². The first kappa shape index (κ1) is 25.8. The highest BCUT2D eigenvalue weighted by molar-refractivity contribution is 8.03. The molecule has 2 atom stereocenters. The van der Waals surface area contributed by atoms with Crippen LogP contribution in [0, 0.1) is 17.2 Å². The normalized spacial score (nSPS) is 17.1. The lowest BCUT2D eigenvalue weighted by atomic mass is 9.78. The molecule has 3 rings (SSSR count). The Morgan fingerprint density at radius 3 is 2.23 bits per heavy atom. The Hall–Kier alpha value is -3.81. The fourth-order valence-electron chi connectivity index (χ4n) is 3.52. The molecule has 0 aromatic heterocycles. The Morgan fingerprint density at radius 1 is 1.09 bits per heavy atom. The zero-order valence-electron chi connectivity index (χ0n) is 18.8. The van der Waals surface area contributed by atoms with Crippen LogP contribution in [0.3, 0.4) is 0 Å². The Morgan fingerprint density at radius 2 is 1.69 bits per heavy atom. The maximum atomic E-state index is 12.8. The predicted octanol–water partition coefficient (Wildman–Crippen LogP) is 3.41. The van der Waals surface area contributed by atoms with Crippen LogP contribution in [-0.4, -0.2) is 36.6 Å². The minimum Gasteiger partial charge on any atom is -0.468 e. The number of methoxy groups -OCH3 is 1. The van der Waals surface area contributed by atoms with E-state index in [0.717, 1.165) is 11.8 Å². The van der Waals surface area contributed by atoms with Crippen LogP contribution in [0.5, 0.6) is 0 Å². The number of benzene rings is 2. The van der Waals surface area contributed by atoms with E-state index in [1.54, 1.807) is 48.5 Å². The number of nitrogens with one attached hydrogen (secondary N) is 3. The topological polar surface area (TPSA) is 137 Å². The zero-order chi connectivity index (χ0) is 25.5. The van der Waals surface area contributed by atoms with Crippen LogP contribution >= 0.6 is 23.4 Å². The molecular weight excluding hydrogens is 492 g/mol.